The lowest BCUT2D eigenvalue weighted by Crippen LogP contribution is -2.31. The molecule has 1 aromatic heterocycles. The summed E-state index contributed by atoms with van der Waals surface area (Å²) in [4.78, 5) is 40.3. The molecule has 1 fully saturated rings. The van der Waals surface area contributed by atoms with Crippen LogP contribution in [0.3, 0.4) is 0 Å². The third-order valence-corrected chi connectivity index (χ3v) is 4.52. The lowest BCUT2D eigenvalue weighted by molar-refractivity contribution is -0.156. The Kier molecular flexibility index (Phi) is 6.40. The van der Waals surface area contributed by atoms with Gasteiger partial charge in [-0.3, -0.25) is 14.2 Å². The van der Waals surface area contributed by atoms with Gasteiger partial charge in [-0.15, -0.1) is 0 Å². The molecule has 2 aromatic rings. The molecule has 3 rings (SSSR count). The van der Waals surface area contributed by atoms with Gasteiger partial charge in [-0.1, -0.05) is 32.0 Å². The number of aromatic nitrogens is 2. The summed E-state index contributed by atoms with van der Waals surface area (Å²) in [6, 6.07) is 10.0. The lowest BCUT2D eigenvalue weighted by Gasteiger charge is -2.17. The number of carbonyl (C=O) groups is 2. The van der Waals surface area contributed by atoms with E-state index in [9.17, 15) is 19.5 Å². The van der Waals surface area contributed by atoms with E-state index in [1.54, 1.807) is 44.2 Å². The lowest BCUT2D eigenvalue weighted by atomic mass is 10.1. The first-order valence-electron chi connectivity index (χ1n) is 9.31. The van der Waals surface area contributed by atoms with Crippen molar-refractivity contribution in [2.24, 2.45) is 5.92 Å². The van der Waals surface area contributed by atoms with Gasteiger partial charge in [0.05, 0.1) is 12.5 Å². The quantitative estimate of drug-likeness (QED) is 0.701. The Morgan fingerprint density at radius 2 is 2.03 bits per heavy atom. The summed E-state index contributed by atoms with van der Waals surface area (Å²) in [6.45, 7) is 3.07. The summed E-state index contributed by atoms with van der Waals surface area (Å²) in [5, 5.41) is 12.1. The predicted octanol–water partition coefficient (Wildman–Crippen LogP) is 1.34. The molecule has 2 heterocycles. The van der Waals surface area contributed by atoms with E-state index in [1.807, 2.05) is 0 Å². The van der Waals surface area contributed by atoms with Gasteiger partial charge in [0.1, 0.15) is 24.3 Å². The molecule has 1 aromatic carbocycles. The monoisotopic (exact) mass is 401 g/mol. The van der Waals surface area contributed by atoms with E-state index < -0.39 is 30.1 Å². The fourth-order valence-corrected chi connectivity index (χ4v) is 2.92. The third kappa shape index (κ3) is 4.87. The minimum atomic E-state index is -0.740. The second kappa shape index (κ2) is 8.97. The molecular weight excluding hydrogens is 378 g/mol. The largest absolute Gasteiger partial charge is 0.459 e. The number of aliphatic hydroxyl groups is 1. The number of amides is 1. The van der Waals surface area contributed by atoms with Crippen LogP contribution in [0.5, 0.6) is 0 Å². The summed E-state index contributed by atoms with van der Waals surface area (Å²) >= 11 is 0. The first kappa shape index (κ1) is 20.7. The molecular formula is C20H23N3O6. The topological polar surface area (TPSA) is 120 Å². The van der Waals surface area contributed by atoms with Crippen LogP contribution in [0.15, 0.2) is 47.4 Å². The second-order valence-corrected chi connectivity index (χ2v) is 7.00. The molecule has 1 saturated heterocycles. The minimum Gasteiger partial charge on any atom is -0.459 e. The van der Waals surface area contributed by atoms with Crippen molar-refractivity contribution in [2.75, 3.05) is 11.9 Å². The zero-order chi connectivity index (χ0) is 21.0. The highest BCUT2D eigenvalue weighted by atomic mass is 16.6. The molecule has 9 nitrogen and oxygen atoms in total. The van der Waals surface area contributed by atoms with E-state index >= 15 is 0 Å². The maximum Gasteiger partial charge on any atom is 0.351 e. The second-order valence-electron chi connectivity index (χ2n) is 7.00. The SMILES string of the molecule is CC(C)C(=O)O[C@H]1C[C@H](n2ccc(NC(=O)c3ccccc3)nc2=O)O[C@@H]1CO. The summed E-state index contributed by atoms with van der Waals surface area (Å²) in [5.74, 6) is -0.986. The number of ether oxygens (including phenoxy) is 2. The van der Waals surface area contributed by atoms with Crippen molar-refractivity contribution in [3.63, 3.8) is 0 Å². The molecule has 154 valence electrons. The zero-order valence-corrected chi connectivity index (χ0v) is 16.1. The molecule has 1 aliphatic heterocycles. The molecule has 0 radical (unpaired) electrons. The van der Waals surface area contributed by atoms with Gasteiger partial charge in [0.2, 0.25) is 0 Å². The summed E-state index contributed by atoms with van der Waals surface area (Å²) in [7, 11) is 0. The molecule has 9 heteroatoms. The Morgan fingerprint density at radius 3 is 2.66 bits per heavy atom. The first-order valence-corrected chi connectivity index (χ1v) is 9.31. The van der Waals surface area contributed by atoms with Crippen molar-refractivity contribution in [1.82, 2.24) is 9.55 Å². The number of rotatable bonds is 6. The molecule has 0 spiro atoms. The van der Waals surface area contributed by atoms with Crippen LogP contribution in [0.25, 0.3) is 0 Å². The number of anilines is 1. The molecule has 0 unspecified atom stereocenters. The van der Waals surface area contributed by atoms with Gasteiger partial charge in [-0.2, -0.15) is 4.98 Å². The fraction of sp³-hybridized carbons (Fsp3) is 0.400. The van der Waals surface area contributed by atoms with Gasteiger partial charge in [0.25, 0.3) is 5.91 Å². The van der Waals surface area contributed by atoms with Crippen LogP contribution in [-0.4, -0.2) is 45.3 Å². The highest BCUT2D eigenvalue weighted by Crippen LogP contribution is 2.30. The van der Waals surface area contributed by atoms with Gasteiger partial charge >= 0.3 is 11.7 Å². The number of nitrogens with one attached hydrogen (secondary N) is 1. The van der Waals surface area contributed by atoms with E-state index in [-0.39, 0.29) is 30.7 Å². The number of carbonyl (C=O) groups excluding carboxylic acids is 2. The minimum absolute atomic E-state index is 0.111. The normalized spacial score (nSPS) is 21.2. The van der Waals surface area contributed by atoms with Gasteiger partial charge in [-0.05, 0) is 18.2 Å². The number of hydrogen-bond acceptors (Lipinski definition) is 7. The van der Waals surface area contributed by atoms with Crippen LogP contribution in [0.1, 0.15) is 36.9 Å². The molecule has 2 N–H and O–H groups in total. The van der Waals surface area contributed by atoms with Crippen LogP contribution in [-0.2, 0) is 14.3 Å². The highest BCUT2D eigenvalue weighted by Gasteiger charge is 2.39. The van der Waals surface area contributed by atoms with E-state index in [1.165, 1.54) is 16.8 Å². The van der Waals surface area contributed by atoms with Crippen LogP contribution in [0, 0.1) is 5.92 Å². The standard InChI is InChI=1S/C20H23N3O6/c1-12(2)19(26)29-14-10-17(28-15(14)11-24)23-9-8-16(22-20(23)27)21-18(25)13-6-4-3-5-7-13/h3-9,12,14-15,17,24H,10-11H2,1-2H3,(H,21,22,25,27)/t14-,15+,17+/m0/s1. The smallest absolute Gasteiger partial charge is 0.351 e. The number of benzene rings is 1. The number of hydrogen-bond donors (Lipinski definition) is 2. The van der Waals surface area contributed by atoms with Crippen molar-refractivity contribution in [3.8, 4) is 0 Å². The summed E-state index contributed by atoms with van der Waals surface area (Å²) in [6.07, 6.45) is -0.477. The maximum absolute atomic E-state index is 12.4. The third-order valence-electron chi connectivity index (χ3n) is 4.52. The molecule has 3 atom stereocenters. The number of aliphatic hydroxyl groups excluding tert-OH is 1. The highest BCUT2D eigenvalue weighted by molar-refractivity contribution is 6.03. The summed E-state index contributed by atoms with van der Waals surface area (Å²) in [5.41, 5.74) is -0.188. The van der Waals surface area contributed by atoms with E-state index in [2.05, 4.69) is 10.3 Å². The van der Waals surface area contributed by atoms with Crippen LogP contribution < -0.4 is 11.0 Å². The number of esters is 1. The molecule has 0 aliphatic carbocycles. The maximum atomic E-state index is 12.4. The molecule has 0 bridgehead atoms. The Balaban J connectivity index is 1.71. The average molecular weight is 401 g/mol. The van der Waals surface area contributed by atoms with Crippen molar-refractivity contribution in [3.05, 3.63) is 58.6 Å². The summed E-state index contributed by atoms with van der Waals surface area (Å²) < 4.78 is 12.3. The predicted molar refractivity (Wildman–Crippen MR) is 103 cm³/mol. The zero-order valence-electron chi connectivity index (χ0n) is 16.1. The Hall–Kier alpha value is -3.04. The van der Waals surface area contributed by atoms with Crippen molar-refractivity contribution < 1.29 is 24.2 Å². The van der Waals surface area contributed by atoms with E-state index in [0.717, 1.165) is 0 Å². The first-order chi connectivity index (χ1) is 13.9. The van der Waals surface area contributed by atoms with Gasteiger partial charge in [-0.25, -0.2) is 4.79 Å². The Morgan fingerprint density at radius 1 is 1.31 bits per heavy atom. The number of nitrogens with zero attached hydrogens (tertiary/aromatic N) is 2. The van der Waals surface area contributed by atoms with E-state index in [4.69, 9.17) is 9.47 Å². The average Bonchev–Trinajstić information content (AvgIpc) is 3.11. The molecule has 1 aliphatic rings. The van der Waals surface area contributed by atoms with E-state index in [0.29, 0.717) is 5.56 Å². The van der Waals surface area contributed by atoms with Crippen molar-refractivity contribution in [1.29, 1.82) is 0 Å². The fourth-order valence-electron chi connectivity index (χ4n) is 2.92. The van der Waals surface area contributed by atoms with Gasteiger partial charge in [0, 0.05) is 18.2 Å². The molecule has 29 heavy (non-hydrogen) atoms. The molecule has 0 saturated carbocycles. The van der Waals surface area contributed by atoms with Crippen LogP contribution in [0.4, 0.5) is 5.82 Å². The van der Waals surface area contributed by atoms with Gasteiger partial charge in [0.15, 0.2) is 0 Å². The van der Waals surface area contributed by atoms with Crippen molar-refractivity contribution >= 4 is 17.7 Å². The van der Waals surface area contributed by atoms with Crippen LogP contribution in [0.2, 0.25) is 0 Å². The van der Waals surface area contributed by atoms with Gasteiger partial charge < -0.3 is 19.9 Å². The molecule has 1 amide bonds. The Bertz CT molecular complexity index is 927. The Labute approximate surface area is 167 Å². The van der Waals surface area contributed by atoms with Crippen molar-refractivity contribution in [2.45, 2.75) is 38.7 Å². The van der Waals surface area contributed by atoms with Crippen LogP contribution >= 0.6 is 0 Å².